The lowest BCUT2D eigenvalue weighted by atomic mass is 10.1. The first-order valence-electron chi connectivity index (χ1n) is 8.70. The first-order chi connectivity index (χ1) is 13.7. The van der Waals surface area contributed by atoms with Gasteiger partial charge in [0.15, 0.2) is 5.82 Å². The minimum Gasteiger partial charge on any atom is -0.358 e. The summed E-state index contributed by atoms with van der Waals surface area (Å²) in [5.74, 6) is -0.861. The smallest absolute Gasteiger partial charge is 0.358 e. The fourth-order valence-corrected chi connectivity index (χ4v) is 3.11. The van der Waals surface area contributed by atoms with Crippen LogP contribution in [0.25, 0.3) is 0 Å². The maximum Gasteiger partial charge on any atom is 0.390 e. The predicted octanol–water partition coefficient (Wildman–Crippen LogP) is 3.93. The molecule has 0 aliphatic carbocycles. The molecule has 3 aromatic rings. The number of rotatable bonds is 7. The average molecular weight is 437 g/mol. The van der Waals surface area contributed by atoms with Crippen LogP contribution in [-0.4, -0.2) is 30.4 Å². The van der Waals surface area contributed by atoms with Gasteiger partial charge in [0.2, 0.25) is 5.91 Å². The van der Waals surface area contributed by atoms with E-state index in [0.29, 0.717) is 22.3 Å². The number of halogens is 2. The Kier molecular flexibility index (Phi) is 6.19. The molecule has 0 aliphatic rings. The number of carbonyl (C=O) groups is 1. The van der Waals surface area contributed by atoms with E-state index in [1.165, 1.54) is 10.7 Å². The number of amides is 1. The number of benzene rings is 1. The van der Waals surface area contributed by atoms with Gasteiger partial charge in [-0.2, -0.15) is 9.78 Å². The number of anilines is 1. The van der Waals surface area contributed by atoms with E-state index in [4.69, 9.17) is 23.2 Å². The van der Waals surface area contributed by atoms with Crippen molar-refractivity contribution in [1.29, 1.82) is 0 Å². The molecule has 2 aromatic heterocycles. The summed E-state index contributed by atoms with van der Waals surface area (Å²) in [5.41, 5.74) is 1.47. The summed E-state index contributed by atoms with van der Waals surface area (Å²) in [7, 11) is 0. The maximum atomic E-state index is 12.5. The highest BCUT2D eigenvalue weighted by Crippen LogP contribution is 2.23. The minimum atomic E-state index is -0.570. The topological polar surface area (TPSA) is 108 Å². The van der Waals surface area contributed by atoms with Gasteiger partial charge >= 0.3 is 5.82 Å². The van der Waals surface area contributed by atoms with Crippen LogP contribution in [0.2, 0.25) is 10.0 Å². The average Bonchev–Trinajstić information content (AvgIpc) is 3.19. The molecule has 3 rings (SSSR count). The number of nitrogens with zero attached hydrogens (tertiary/aromatic N) is 5. The number of carbonyl (C=O) groups excluding carboxylic acids is 1. The van der Waals surface area contributed by atoms with Gasteiger partial charge in [0.05, 0.1) is 35.9 Å². The van der Waals surface area contributed by atoms with Gasteiger partial charge in [0.25, 0.3) is 0 Å². The van der Waals surface area contributed by atoms with Crippen LogP contribution in [0.4, 0.5) is 11.6 Å². The third-order valence-electron chi connectivity index (χ3n) is 4.30. The SMILES string of the molecule is Cc1cc([N+](=O)[O-])nn1CC(C)C(=O)Nc1nn(Cc2ccccc2Cl)cc1Cl. The molecule has 11 heteroatoms. The second-order valence-electron chi connectivity index (χ2n) is 6.59. The molecule has 0 bridgehead atoms. The maximum absolute atomic E-state index is 12.5. The zero-order chi connectivity index (χ0) is 21.1. The van der Waals surface area contributed by atoms with Crippen LogP contribution >= 0.6 is 23.2 Å². The second-order valence-corrected chi connectivity index (χ2v) is 7.40. The van der Waals surface area contributed by atoms with Crippen LogP contribution in [0.1, 0.15) is 18.2 Å². The third-order valence-corrected chi connectivity index (χ3v) is 4.94. The summed E-state index contributed by atoms with van der Waals surface area (Å²) in [6.07, 6.45) is 1.60. The zero-order valence-corrected chi connectivity index (χ0v) is 17.2. The molecular weight excluding hydrogens is 419 g/mol. The Bertz CT molecular complexity index is 1060. The van der Waals surface area contributed by atoms with Gasteiger partial charge in [0, 0.05) is 11.2 Å². The van der Waals surface area contributed by atoms with Gasteiger partial charge in [-0.05, 0) is 23.5 Å². The fraction of sp³-hybridized carbons (Fsp3) is 0.278. The van der Waals surface area contributed by atoms with Crippen molar-refractivity contribution in [3.05, 3.63) is 67.9 Å². The third kappa shape index (κ3) is 4.93. The van der Waals surface area contributed by atoms with E-state index in [2.05, 4.69) is 15.5 Å². The molecule has 152 valence electrons. The highest BCUT2D eigenvalue weighted by Gasteiger charge is 2.22. The van der Waals surface area contributed by atoms with E-state index in [-0.39, 0.29) is 24.1 Å². The normalized spacial score (nSPS) is 12.0. The summed E-state index contributed by atoms with van der Waals surface area (Å²) in [5, 5.41) is 22.6. The van der Waals surface area contributed by atoms with Crippen LogP contribution < -0.4 is 5.32 Å². The van der Waals surface area contributed by atoms with Gasteiger partial charge in [-0.25, -0.2) is 0 Å². The molecule has 1 amide bonds. The van der Waals surface area contributed by atoms with Crippen LogP contribution in [0.15, 0.2) is 36.5 Å². The Balaban J connectivity index is 1.66. The van der Waals surface area contributed by atoms with Gasteiger partial charge in [-0.15, -0.1) is 0 Å². The van der Waals surface area contributed by atoms with Crippen molar-refractivity contribution in [2.24, 2.45) is 5.92 Å². The summed E-state index contributed by atoms with van der Waals surface area (Å²) in [6, 6.07) is 8.73. The Labute approximate surface area is 176 Å². The molecule has 9 nitrogen and oxygen atoms in total. The van der Waals surface area contributed by atoms with Crippen LogP contribution in [0.3, 0.4) is 0 Å². The number of hydrogen-bond donors (Lipinski definition) is 1. The number of nitro groups is 1. The molecule has 1 atom stereocenters. The molecule has 0 spiro atoms. The molecule has 29 heavy (non-hydrogen) atoms. The molecule has 0 saturated heterocycles. The van der Waals surface area contributed by atoms with Gasteiger partial charge in [-0.3, -0.25) is 9.48 Å². The van der Waals surface area contributed by atoms with E-state index in [1.54, 1.807) is 30.8 Å². The van der Waals surface area contributed by atoms with Crippen molar-refractivity contribution >= 4 is 40.7 Å². The van der Waals surface area contributed by atoms with Crippen LogP contribution in [0.5, 0.6) is 0 Å². The van der Waals surface area contributed by atoms with E-state index < -0.39 is 10.8 Å². The Hall–Kier alpha value is -2.91. The van der Waals surface area contributed by atoms with Crippen molar-refractivity contribution < 1.29 is 9.72 Å². The molecule has 0 aliphatic heterocycles. The number of aryl methyl sites for hydroxylation is 1. The van der Waals surface area contributed by atoms with Crippen molar-refractivity contribution in [1.82, 2.24) is 19.6 Å². The van der Waals surface area contributed by atoms with Crippen molar-refractivity contribution in [3.63, 3.8) is 0 Å². The van der Waals surface area contributed by atoms with Crippen molar-refractivity contribution in [2.75, 3.05) is 5.32 Å². The zero-order valence-electron chi connectivity index (χ0n) is 15.7. The Morgan fingerprint density at radius 2 is 2.00 bits per heavy atom. The summed E-state index contributed by atoms with van der Waals surface area (Å²) < 4.78 is 3.02. The van der Waals surface area contributed by atoms with E-state index in [0.717, 1.165) is 5.56 Å². The number of aromatic nitrogens is 4. The van der Waals surface area contributed by atoms with Crippen molar-refractivity contribution in [2.45, 2.75) is 26.9 Å². The van der Waals surface area contributed by atoms with E-state index in [9.17, 15) is 14.9 Å². The van der Waals surface area contributed by atoms with Gasteiger partial charge in [0.1, 0.15) is 5.02 Å². The summed E-state index contributed by atoms with van der Waals surface area (Å²) in [6.45, 7) is 3.97. The first kappa shape index (κ1) is 20.8. The number of hydrogen-bond acceptors (Lipinski definition) is 5. The van der Waals surface area contributed by atoms with E-state index in [1.807, 2.05) is 18.2 Å². The molecular formula is C18H18Cl2N6O3. The molecule has 0 saturated carbocycles. The highest BCUT2D eigenvalue weighted by molar-refractivity contribution is 6.33. The lowest BCUT2D eigenvalue weighted by molar-refractivity contribution is -0.389. The minimum absolute atomic E-state index is 0.184. The molecule has 0 fully saturated rings. The molecule has 0 radical (unpaired) electrons. The molecule has 1 unspecified atom stereocenters. The summed E-state index contributed by atoms with van der Waals surface area (Å²) >= 11 is 12.4. The lowest BCUT2D eigenvalue weighted by Gasteiger charge is -2.10. The first-order valence-corrected chi connectivity index (χ1v) is 9.46. The van der Waals surface area contributed by atoms with Crippen molar-refractivity contribution in [3.8, 4) is 0 Å². The lowest BCUT2D eigenvalue weighted by Crippen LogP contribution is -2.25. The Morgan fingerprint density at radius 1 is 1.28 bits per heavy atom. The monoisotopic (exact) mass is 436 g/mol. The Morgan fingerprint density at radius 3 is 2.66 bits per heavy atom. The largest absolute Gasteiger partial charge is 0.390 e. The highest BCUT2D eigenvalue weighted by atomic mass is 35.5. The second kappa shape index (κ2) is 8.62. The van der Waals surface area contributed by atoms with Gasteiger partial charge in [-0.1, -0.05) is 48.3 Å². The predicted molar refractivity (Wildman–Crippen MR) is 109 cm³/mol. The fourth-order valence-electron chi connectivity index (χ4n) is 2.71. The quantitative estimate of drug-likeness (QED) is 0.445. The number of nitrogens with one attached hydrogen (secondary N) is 1. The summed E-state index contributed by atoms with van der Waals surface area (Å²) in [4.78, 5) is 22.8. The van der Waals surface area contributed by atoms with Crippen LogP contribution in [-0.2, 0) is 17.9 Å². The molecule has 2 heterocycles. The van der Waals surface area contributed by atoms with E-state index >= 15 is 0 Å². The molecule has 1 N–H and O–H groups in total. The van der Waals surface area contributed by atoms with Crippen LogP contribution in [0, 0.1) is 23.0 Å². The standard InChI is InChI=1S/C18H18Cl2N6O3/c1-11(8-25-12(2)7-16(22-25)26(28)29)18(27)21-17-15(20)10-24(23-17)9-13-5-3-4-6-14(13)19/h3-7,10-11H,8-9H2,1-2H3,(H,21,23,27). The van der Waals surface area contributed by atoms with Gasteiger partial charge < -0.3 is 15.4 Å². The molecule has 1 aromatic carbocycles.